The third-order valence-electron chi connectivity index (χ3n) is 6.55. The summed E-state index contributed by atoms with van der Waals surface area (Å²) >= 11 is 0. The number of hydrogen-bond acceptors (Lipinski definition) is 5. The summed E-state index contributed by atoms with van der Waals surface area (Å²) in [5.74, 6) is 0.408. The number of likely N-dealkylation sites (tertiary alicyclic amines) is 1. The Labute approximate surface area is 196 Å². The normalized spacial score (nSPS) is 18.3. The third-order valence-corrected chi connectivity index (χ3v) is 6.55. The van der Waals surface area contributed by atoms with Crippen LogP contribution in [0, 0.1) is 11.8 Å². The molecule has 7 nitrogen and oxygen atoms in total. The number of piperidine rings is 1. The molecule has 33 heavy (non-hydrogen) atoms. The number of likely N-dealkylation sites (N-methyl/N-ethyl adjacent to an activating group) is 1. The third kappa shape index (κ3) is 7.86. The van der Waals surface area contributed by atoms with Crippen molar-refractivity contribution in [2.45, 2.75) is 32.1 Å². The lowest BCUT2D eigenvalue weighted by Crippen LogP contribution is -2.45. The molecule has 0 saturated carbocycles. The molecule has 0 spiro atoms. The highest BCUT2D eigenvalue weighted by atomic mass is 16.5. The van der Waals surface area contributed by atoms with Crippen molar-refractivity contribution in [2.24, 2.45) is 11.8 Å². The number of carbonyl (C=O) groups excluding carboxylic acids is 1. The average molecular weight is 454 g/mol. The van der Waals surface area contributed by atoms with Gasteiger partial charge in [-0.1, -0.05) is 18.2 Å². The number of methoxy groups -OCH3 is 1. The lowest BCUT2D eigenvalue weighted by Gasteiger charge is -2.39. The van der Waals surface area contributed by atoms with Gasteiger partial charge in [0.2, 0.25) is 5.91 Å². The van der Waals surface area contributed by atoms with Crippen LogP contribution in [0.1, 0.15) is 30.5 Å². The Morgan fingerprint density at radius 3 is 2.61 bits per heavy atom. The number of benzene rings is 1. The fourth-order valence-electron chi connectivity index (χ4n) is 4.51. The largest absolute Gasteiger partial charge is 0.497 e. The van der Waals surface area contributed by atoms with E-state index in [9.17, 15) is 14.7 Å². The molecule has 1 aliphatic heterocycles. The van der Waals surface area contributed by atoms with Crippen molar-refractivity contribution in [3.05, 3.63) is 59.9 Å². The second-order valence-corrected chi connectivity index (χ2v) is 8.93. The molecule has 0 radical (unpaired) electrons. The quantitative estimate of drug-likeness (QED) is 0.563. The lowest BCUT2D eigenvalue weighted by molar-refractivity contribution is -0.139. The van der Waals surface area contributed by atoms with E-state index < -0.39 is 5.97 Å². The highest BCUT2D eigenvalue weighted by Crippen LogP contribution is 2.30. The van der Waals surface area contributed by atoms with Gasteiger partial charge in [-0.15, -0.1) is 0 Å². The summed E-state index contributed by atoms with van der Waals surface area (Å²) in [6, 6.07) is 13.5. The molecule has 1 aromatic heterocycles. The smallest absolute Gasteiger partial charge is 0.303 e. The van der Waals surface area contributed by atoms with Crippen LogP contribution in [0.15, 0.2) is 48.7 Å². The van der Waals surface area contributed by atoms with Gasteiger partial charge in [-0.25, -0.2) is 0 Å². The number of carboxylic acids is 1. The molecule has 0 bridgehead atoms. The first-order chi connectivity index (χ1) is 15.9. The number of ether oxygens (including phenoxy) is 1. The van der Waals surface area contributed by atoms with Gasteiger partial charge in [0.25, 0.3) is 0 Å². The second-order valence-electron chi connectivity index (χ2n) is 8.93. The SMILES string of the molecule is COc1ccc(CC(=O)N2CCC(CC(=O)O)C(CCN(C)CCc3ccccn3)C2)cc1. The predicted octanol–water partition coefficient (Wildman–Crippen LogP) is 3.14. The first kappa shape index (κ1) is 24.7. The molecule has 1 saturated heterocycles. The van der Waals surface area contributed by atoms with Gasteiger partial charge in [-0.05, 0) is 68.1 Å². The highest BCUT2D eigenvalue weighted by molar-refractivity contribution is 5.79. The standard InChI is InChI=1S/C26H35N3O4/c1-28(15-12-23-5-3-4-13-27-23)14-10-22-19-29(16-11-21(22)18-26(31)32)25(30)17-20-6-8-24(33-2)9-7-20/h3-9,13,21-22H,10-12,14-19H2,1-2H3,(H,31,32). The second kappa shape index (κ2) is 12.3. The van der Waals surface area contributed by atoms with Crippen molar-refractivity contribution < 1.29 is 19.4 Å². The van der Waals surface area contributed by atoms with Crippen LogP contribution in [0.4, 0.5) is 0 Å². The number of pyridine rings is 1. The topological polar surface area (TPSA) is 83.0 Å². The van der Waals surface area contributed by atoms with Gasteiger partial charge >= 0.3 is 5.97 Å². The Kier molecular flexibility index (Phi) is 9.24. The predicted molar refractivity (Wildman–Crippen MR) is 127 cm³/mol. The Hall–Kier alpha value is -2.93. The number of carbonyl (C=O) groups is 2. The van der Waals surface area contributed by atoms with E-state index in [4.69, 9.17) is 4.74 Å². The van der Waals surface area contributed by atoms with Gasteiger partial charge in [0.1, 0.15) is 5.75 Å². The zero-order valence-electron chi connectivity index (χ0n) is 19.7. The number of amides is 1. The molecule has 2 heterocycles. The van der Waals surface area contributed by atoms with Crippen LogP contribution in [-0.2, 0) is 22.4 Å². The molecule has 0 aliphatic carbocycles. The maximum absolute atomic E-state index is 13.0. The van der Waals surface area contributed by atoms with Crippen molar-refractivity contribution in [1.82, 2.24) is 14.8 Å². The number of aliphatic carboxylic acids is 1. The van der Waals surface area contributed by atoms with E-state index in [2.05, 4.69) is 16.9 Å². The minimum atomic E-state index is -0.758. The molecule has 1 aliphatic rings. The molecular weight excluding hydrogens is 418 g/mol. The maximum atomic E-state index is 13.0. The first-order valence-corrected chi connectivity index (χ1v) is 11.7. The summed E-state index contributed by atoms with van der Waals surface area (Å²) in [6.07, 6.45) is 4.83. The van der Waals surface area contributed by atoms with Crippen molar-refractivity contribution >= 4 is 11.9 Å². The molecular formula is C26H35N3O4. The molecule has 1 N–H and O–H groups in total. The number of rotatable bonds is 11. The van der Waals surface area contributed by atoms with E-state index in [1.165, 1.54) is 0 Å². The number of hydrogen-bond donors (Lipinski definition) is 1. The number of carboxylic acid groups (broad SMARTS) is 1. The molecule has 1 fully saturated rings. The molecule has 2 unspecified atom stereocenters. The fraction of sp³-hybridized carbons (Fsp3) is 0.500. The van der Waals surface area contributed by atoms with Crippen molar-refractivity contribution in [1.29, 1.82) is 0 Å². The molecule has 2 atom stereocenters. The molecule has 3 rings (SSSR count). The van der Waals surface area contributed by atoms with Crippen LogP contribution in [-0.4, -0.2) is 72.1 Å². The molecule has 178 valence electrons. The van der Waals surface area contributed by atoms with Gasteiger partial charge in [0.15, 0.2) is 0 Å². The lowest BCUT2D eigenvalue weighted by atomic mass is 9.81. The minimum Gasteiger partial charge on any atom is -0.497 e. The molecule has 1 amide bonds. The van der Waals surface area contributed by atoms with E-state index in [1.807, 2.05) is 53.6 Å². The van der Waals surface area contributed by atoms with Crippen LogP contribution < -0.4 is 4.74 Å². The van der Waals surface area contributed by atoms with Crippen LogP contribution in [0.3, 0.4) is 0 Å². The van der Waals surface area contributed by atoms with E-state index in [1.54, 1.807) is 7.11 Å². The fourth-order valence-corrected chi connectivity index (χ4v) is 4.51. The van der Waals surface area contributed by atoms with Crippen LogP contribution in [0.25, 0.3) is 0 Å². The average Bonchev–Trinajstić information content (AvgIpc) is 2.82. The zero-order chi connectivity index (χ0) is 23.6. The van der Waals surface area contributed by atoms with Crippen molar-refractivity contribution in [2.75, 3.05) is 40.3 Å². The molecule has 1 aromatic carbocycles. The van der Waals surface area contributed by atoms with Gasteiger partial charge in [0, 0.05) is 44.4 Å². The van der Waals surface area contributed by atoms with E-state index in [0.717, 1.165) is 49.4 Å². The molecule has 2 aromatic rings. The van der Waals surface area contributed by atoms with Gasteiger partial charge in [-0.2, -0.15) is 0 Å². The van der Waals surface area contributed by atoms with Gasteiger partial charge in [-0.3, -0.25) is 14.6 Å². The summed E-state index contributed by atoms with van der Waals surface area (Å²) in [7, 11) is 3.71. The monoisotopic (exact) mass is 453 g/mol. The minimum absolute atomic E-state index is 0.0995. The van der Waals surface area contributed by atoms with Crippen LogP contribution in [0.5, 0.6) is 5.75 Å². The first-order valence-electron chi connectivity index (χ1n) is 11.7. The number of nitrogens with zero attached hydrogens (tertiary/aromatic N) is 3. The van der Waals surface area contributed by atoms with Crippen LogP contribution >= 0.6 is 0 Å². The summed E-state index contributed by atoms with van der Waals surface area (Å²) < 4.78 is 5.19. The zero-order valence-corrected chi connectivity index (χ0v) is 19.7. The van der Waals surface area contributed by atoms with E-state index in [-0.39, 0.29) is 24.2 Å². The summed E-state index contributed by atoms with van der Waals surface area (Å²) in [5, 5.41) is 9.38. The van der Waals surface area contributed by atoms with Gasteiger partial charge in [0.05, 0.1) is 13.5 Å². The molecule has 7 heteroatoms. The Bertz CT molecular complexity index is 888. The van der Waals surface area contributed by atoms with Crippen molar-refractivity contribution in [3.8, 4) is 5.75 Å². The Morgan fingerprint density at radius 2 is 1.94 bits per heavy atom. The summed E-state index contributed by atoms with van der Waals surface area (Å²) in [4.78, 5) is 32.9. The van der Waals surface area contributed by atoms with E-state index >= 15 is 0 Å². The van der Waals surface area contributed by atoms with Crippen molar-refractivity contribution in [3.63, 3.8) is 0 Å². The maximum Gasteiger partial charge on any atom is 0.303 e. The summed E-state index contributed by atoms with van der Waals surface area (Å²) in [6.45, 7) is 3.02. The van der Waals surface area contributed by atoms with E-state index in [0.29, 0.717) is 19.5 Å². The highest BCUT2D eigenvalue weighted by Gasteiger charge is 2.32. The summed E-state index contributed by atoms with van der Waals surface area (Å²) in [5.41, 5.74) is 2.03. The van der Waals surface area contributed by atoms with Gasteiger partial charge < -0.3 is 19.6 Å². The Balaban J connectivity index is 1.54. The number of aromatic nitrogens is 1. The van der Waals surface area contributed by atoms with Crippen LogP contribution in [0.2, 0.25) is 0 Å². The Morgan fingerprint density at radius 1 is 1.15 bits per heavy atom.